The summed E-state index contributed by atoms with van der Waals surface area (Å²) in [5, 5.41) is 2.90. The Morgan fingerprint density at radius 3 is 2.78 bits per heavy atom. The first-order valence-electron chi connectivity index (χ1n) is 5.51. The maximum Gasteiger partial charge on any atom is 0.243 e. The van der Waals surface area contributed by atoms with Gasteiger partial charge in [0, 0.05) is 11.6 Å². The van der Waals surface area contributed by atoms with Gasteiger partial charge in [0.15, 0.2) is 5.96 Å². The fraction of sp³-hybridized carbons (Fsp3) is 0.417. The van der Waals surface area contributed by atoms with Gasteiger partial charge in [0.1, 0.15) is 0 Å². The summed E-state index contributed by atoms with van der Waals surface area (Å²) >= 11 is 0. The van der Waals surface area contributed by atoms with Crippen molar-refractivity contribution in [2.24, 2.45) is 16.6 Å². The van der Waals surface area contributed by atoms with E-state index < -0.39 is 12.3 Å². The van der Waals surface area contributed by atoms with E-state index in [2.05, 4.69) is 10.3 Å². The molecule has 1 fully saturated rings. The molecule has 0 aromatic heterocycles. The normalized spacial score (nSPS) is 22.6. The Morgan fingerprint density at radius 1 is 1.50 bits per heavy atom. The van der Waals surface area contributed by atoms with Crippen LogP contribution in [0.1, 0.15) is 12.0 Å². The highest BCUT2D eigenvalue weighted by Crippen LogP contribution is 2.38. The van der Waals surface area contributed by atoms with Crippen LogP contribution in [-0.4, -0.2) is 18.4 Å². The topological polar surface area (TPSA) is 50.4 Å². The van der Waals surface area contributed by atoms with Gasteiger partial charge < -0.3 is 11.1 Å². The second-order valence-electron chi connectivity index (χ2n) is 4.31. The Kier molecular flexibility index (Phi) is 5.30. The molecule has 100 valence electrons. The summed E-state index contributed by atoms with van der Waals surface area (Å²) in [4.78, 5) is 4.02. The lowest BCUT2D eigenvalue weighted by molar-refractivity contribution is 0.121. The van der Waals surface area contributed by atoms with Gasteiger partial charge in [0.25, 0.3) is 0 Å². The smallest absolute Gasteiger partial charge is 0.243 e. The van der Waals surface area contributed by atoms with Crippen molar-refractivity contribution >= 4 is 35.6 Å². The molecule has 1 aliphatic rings. The molecule has 0 bridgehead atoms. The number of aryl methyl sites for hydroxylation is 1. The Hall–Kier alpha value is -0.920. The highest BCUT2D eigenvalue weighted by molar-refractivity contribution is 14.0. The van der Waals surface area contributed by atoms with Gasteiger partial charge in [-0.15, -0.1) is 24.0 Å². The van der Waals surface area contributed by atoms with Crippen LogP contribution in [0.2, 0.25) is 0 Å². The van der Waals surface area contributed by atoms with Crippen LogP contribution in [0.4, 0.5) is 14.5 Å². The zero-order valence-corrected chi connectivity index (χ0v) is 12.3. The monoisotopic (exact) mass is 367 g/mol. The van der Waals surface area contributed by atoms with E-state index in [0.717, 1.165) is 11.3 Å². The first-order valence-corrected chi connectivity index (χ1v) is 5.51. The van der Waals surface area contributed by atoms with Crippen molar-refractivity contribution < 1.29 is 8.78 Å². The van der Waals surface area contributed by atoms with Gasteiger partial charge in [-0.1, -0.05) is 12.1 Å². The van der Waals surface area contributed by atoms with Crippen LogP contribution in [0.3, 0.4) is 0 Å². The van der Waals surface area contributed by atoms with Gasteiger partial charge in [0.2, 0.25) is 6.43 Å². The minimum atomic E-state index is -2.30. The molecule has 0 unspecified atom stereocenters. The van der Waals surface area contributed by atoms with E-state index in [1.165, 1.54) is 0 Å². The molecule has 1 aliphatic carbocycles. The lowest BCUT2D eigenvalue weighted by Crippen LogP contribution is -2.23. The molecule has 0 amide bonds. The number of nitrogens with two attached hydrogens (primary N) is 1. The fourth-order valence-electron chi connectivity index (χ4n) is 1.70. The van der Waals surface area contributed by atoms with Crippen LogP contribution in [0.5, 0.6) is 0 Å². The summed E-state index contributed by atoms with van der Waals surface area (Å²) in [5.74, 6) is -0.420. The number of rotatable bonds is 3. The number of guanidine groups is 1. The standard InChI is InChI=1S/C12H15F2N3.HI/c1-7-3-2-4-8(5-7)16-12(15)17-10-6-9(10)11(13)14;/h2-5,9-11H,6H2,1H3,(H3,15,16,17);1H/t9-,10-;/m0./s1. The zero-order chi connectivity index (χ0) is 12.4. The molecule has 2 rings (SSSR count). The molecular formula is C12H16F2IN3. The van der Waals surface area contributed by atoms with Crippen molar-refractivity contribution in [1.29, 1.82) is 0 Å². The average Bonchev–Trinajstić information content (AvgIpc) is 2.96. The van der Waals surface area contributed by atoms with Gasteiger partial charge in [-0.3, -0.25) is 0 Å². The predicted molar refractivity (Wildman–Crippen MR) is 79.7 cm³/mol. The Bertz CT molecular complexity index is 437. The van der Waals surface area contributed by atoms with E-state index in [1.54, 1.807) is 0 Å². The van der Waals surface area contributed by atoms with Crippen LogP contribution < -0.4 is 11.1 Å². The average molecular weight is 367 g/mol. The SMILES string of the molecule is Cc1cccc(NC(N)=N[C@H]2C[C@@H]2C(F)F)c1.I. The third kappa shape index (κ3) is 4.08. The van der Waals surface area contributed by atoms with Crippen molar-refractivity contribution in [3.63, 3.8) is 0 Å². The van der Waals surface area contributed by atoms with Crippen molar-refractivity contribution in [2.45, 2.75) is 25.8 Å². The van der Waals surface area contributed by atoms with Crippen molar-refractivity contribution in [3.05, 3.63) is 29.8 Å². The molecule has 1 saturated carbocycles. The number of nitrogens with one attached hydrogen (secondary N) is 1. The highest BCUT2D eigenvalue weighted by Gasteiger charge is 2.44. The molecule has 2 atom stereocenters. The van der Waals surface area contributed by atoms with Crippen LogP contribution in [0.25, 0.3) is 0 Å². The largest absolute Gasteiger partial charge is 0.370 e. The predicted octanol–water partition coefficient (Wildman–Crippen LogP) is 2.99. The number of aliphatic imine (C=N–C) groups is 1. The van der Waals surface area contributed by atoms with E-state index in [-0.39, 0.29) is 36.0 Å². The second kappa shape index (κ2) is 6.31. The quantitative estimate of drug-likeness (QED) is 0.490. The Labute approximate surface area is 122 Å². The number of anilines is 1. The maximum atomic E-state index is 12.3. The fourth-order valence-corrected chi connectivity index (χ4v) is 1.70. The lowest BCUT2D eigenvalue weighted by Gasteiger charge is -2.06. The number of hydrogen-bond donors (Lipinski definition) is 2. The first kappa shape index (κ1) is 15.1. The van der Waals surface area contributed by atoms with E-state index in [1.807, 2.05) is 31.2 Å². The van der Waals surface area contributed by atoms with Gasteiger partial charge in [-0.2, -0.15) is 0 Å². The van der Waals surface area contributed by atoms with Crippen LogP contribution in [-0.2, 0) is 0 Å². The van der Waals surface area contributed by atoms with Crippen LogP contribution in [0, 0.1) is 12.8 Å². The minimum absolute atomic E-state index is 0. The Balaban J connectivity index is 0.00000162. The molecule has 3 nitrogen and oxygen atoms in total. The molecule has 6 heteroatoms. The molecule has 0 spiro atoms. The zero-order valence-electron chi connectivity index (χ0n) is 9.94. The van der Waals surface area contributed by atoms with Crippen LogP contribution in [0.15, 0.2) is 29.3 Å². The van der Waals surface area contributed by atoms with Crippen molar-refractivity contribution in [3.8, 4) is 0 Å². The summed E-state index contributed by atoms with van der Waals surface area (Å²) in [7, 11) is 0. The lowest BCUT2D eigenvalue weighted by atomic mass is 10.2. The molecular weight excluding hydrogens is 351 g/mol. The first-order chi connectivity index (χ1) is 8.06. The molecule has 3 N–H and O–H groups in total. The van der Waals surface area contributed by atoms with Gasteiger partial charge in [-0.05, 0) is 31.0 Å². The second-order valence-corrected chi connectivity index (χ2v) is 4.31. The summed E-state index contributed by atoms with van der Waals surface area (Å²) in [5.41, 5.74) is 7.57. The number of nitrogens with zero attached hydrogens (tertiary/aromatic N) is 1. The van der Waals surface area contributed by atoms with E-state index in [4.69, 9.17) is 5.73 Å². The minimum Gasteiger partial charge on any atom is -0.370 e. The Morgan fingerprint density at radius 2 is 2.22 bits per heavy atom. The number of hydrogen-bond acceptors (Lipinski definition) is 1. The highest BCUT2D eigenvalue weighted by atomic mass is 127. The molecule has 18 heavy (non-hydrogen) atoms. The number of alkyl halides is 2. The van der Waals surface area contributed by atoms with Gasteiger partial charge in [-0.25, -0.2) is 13.8 Å². The van der Waals surface area contributed by atoms with Crippen molar-refractivity contribution in [1.82, 2.24) is 0 Å². The van der Waals surface area contributed by atoms with Gasteiger partial charge >= 0.3 is 0 Å². The molecule has 0 heterocycles. The molecule has 0 radical (unpaired) electrons. The molecule has 1 aromatic carbocycles. The summed E-state index contributed by atoms with van der Waals surface area (Å²) in [6.07, 6.45) is -1.87. The molecule has 1 aromatic rings. The summed E-state index contributed by atoms with van der Waals surface area (Å²) in [6.45, 7) is 1.96. The third-order valence-corrected chi connectivity index (χ3v) is 2.72. The maximum absolute atomic E-state index is 12.3. The molecule has 0 saturated heterocycles. The van der Waals surface area contributed by atoms with Crippen molar-refractivity contribution in [2.75, 3.05) is 5.32 Å². The van der Waals surface area contributed by atoms with E-state index in [9.17, 15) is 8.78 Å². The van der Waals surface area contributed by atoms with E-state index >= 15 is 0 Å². The summed E-state index contributed by atoms with van der Waals surface area (Å²) in [6, 6.07) is 7.30. The molecule has 0 aliphatic heterocycles. The van der Waals surface area contributed by atoms with Crippen LogP contribution >= 0.6 is 24.0 Å². The summed E-state index contributed by atoms with van der Waals surface area (Å²) < 4.78 is 24.5. The number of halogens is 3. The van der Waals surface area contributed by atoms with Gasteiger partial charge in [0.05, 0.1) is 6.04 Å². The third-order valence-electron chi connectivity index (χ3n) is 2.72. The van der Waals surface area contributed by atoms with E-state index in [0.29, 0.717) is 6.42 Å². The number of benzene rings is 1.